The van der Waals surface area contributed by atoms with E-state index in [-0.39, 0.29) is 24.0 Å². The minimum Gasteiger partial charge on any atom is -0.445 e. The highest BCUT2D eigenvalue weighted by Crippen LogP contribution is 2.14. The summed E-state index contributed by atoms with van der Waals surface area (Å²) in [5.74, 6) is -0.298. The molecular formula is C15H19FN2O2. The van der Waals surface area contributed by atoms with Crippen LogP contribution in [-0.2, 0) is 13.2 Å². The zero-order valence-corrected chi connectivity index (χ0v) is 11.9. The molecular weight excluding hydrogens is 259 g/mol. The Hall–Kier alpha value is -1.88. The molecule has 0 atom stereocenters. The lowest BCUT2D eigenvalue weighted by atomic mass is 10.1. The molecule has 5 heteroatoms. The van der Waals surface area contributed by atoms with Crippen molar-refractivity contribution in [3.05, 3.63) is 47.6 Å². The van der Waals surface area contributed by atoms with Crippen LogP contribution in [0.3, 0.4) is 0 Å². The Labute approximate surface area is 118 Å². The Balaban J connectivity index is 1.89. The molecule has 1 aromatic heterocycles. The number of rotatable bonds is 5. The van der Waals surface area contributed by atoms with Crippen LogP contribution in [-0.4, -0.2) is 10.5 Å². The summed E-state index contributed by atoms with van der Waals surface area (Å²) in [6.45, 7) is 6.91. The van der Waals surface area contributed by atoms with Crippen molar-refractivity contribution >= 4 is 0 Å². The number of hydrogen-bond acceptors (Lipinski definition) is 4. The van der Waals surface area contributed by atoms with Crippen molar-refractivity contribution < 1.29 is 13.5 Å². The average Bonchev–Trinajstić information content (AvgIpc) is 2.83. The Morgan fingerprint density at radius 2 is 2.05 bits per heavy atom. The van der Waals surface area contributed by atoms with Gasteiger partial charge in [0, 0.05) is 17.6 Å². The molecule has 1 aromatic carbocycles. The van der Waals surface area contributed by atoms with Gasteiger partial charge in [-0.3, -0.25) is 0 Å². The topological polar surface area (TPSA) is 47.3 Å². The third kappa shape index (κ3) is 4.35. The monoisotopic (exact) mass is 278 g/mol. The minimum absolute atomic E-state index is 0.00708. The first-order valence-electron chi connectivity index (χ1n) is 6.50. The summed E-state index contributed by atoms with van der Waals surface area (Å²) in [5, 5.41) is 3.30. The Kier molecular flexibility index (Phi) is 4.39. The molecule has 0 amide bonds. The van der Waals surface area contributed by atoms with Crippen LogP contribution in [0, 0.1) is 5.82 Å². The highest BCUT2D eigenvalue weighted by molar-refractivity contribution is 5.16. The molecule has 0 fully saturated rings. The van der Waals surface area contributed by atoms with Gasteiger partial charge >= 0.3 is 6.08 Å². The van der Waals surface area contributed by atoms with Crippen molar-refractivity contribution in [3.8, 4) is 6.08 Å². The summed E-state index contributed by atoms with van der Waals surface area (Å²) in [4.78, 5) is 4.18. The highest BCUT2D eigenvalue weighted by Gasteiger charge is 2.11. The summed E-state index contributed by atoms with van der Waals surface area (Å²) in [6, 6.07) is 6.46. The van der Waals surface area contributed by atoms with E-state index in [1.165, 1.54) is 12.3 Å². The van der Waals surface area contributed by atoms with E-state index in [4.69, 9.17) is 9.15 Å². The zero-order chi connectivity index (χ0) is 14.6. The third-order valence-electron chi connectivity index (χ3n) is 2.64. The summed E-state index contributed by atoms with van der Waals surface area (Å²) in [6.07, 6.45) is 1.69. The van der Waals surface area contributed by atoms with E-state index >= 15 is 0 Å². The first kappa shape index (κ1) is 14.5. The Morgan fingerprint density at radius 1 is 1.30 bits per heavy atom. The van der Waals surface area contributed by atoms with Gasteiger partial charge in [0.2, 0.25) is 0 Å². The lowest BCUT2D eigenvalue weighted by Gasteiger charge is -2.19. The van der Waals surface area contributed by atoms with Gasteiger partial charge < -0.3 is 14.5 Å². The zero-order valence-electron chi connectivity index (χ0n) is 11.9. The van der Waals surface area contributed by atoms with Crippen molar-refractivity contribution in [2.24, 2.45) is 0 Å². The molecule has 0 spiro atoms. The maximum atomic E-state index is 13.4. The molecule has 4 nitrogen and oxygen atoms in total. The maximum absolute atomic E-state index is 13.4. The Morgan fingerprint density at radius 3 is 2.75 bits per heavy atom. The van der Waals surface area contributed by atoms with Gasteiger partial charge in [-0.2, -0.15) is 4.98 Å². The van der Waals surface area contributed by atoms with Gasteiger partial charge in [-0.25, -0.2) is 4.39 Å². The maximum Gasteiger partial charge on any atom is 0.394 e. The van der Waals surface area contributed by atoms with E-state index < -0.39 is 0 Å². The van der Waals surface area contributed by atoms with Crippen LogP contribution in [0.1, 0.15) is 32.0 Å². The molecule has 0 aliphatic heterocycles. The largest absolute Gasteiger partial charge is 0.445 e. The normalized spacial score (nSPS) is 11.6. The predicted molar refractivity (Wildman–Crippen MR) is 73.8 cm³/mol. The molecule has 1 heterocycles. The van der Waals surface area contributed by atoms with Crippen molar-refractivity contribution in [1.29, 1.82) is 0 Å². The fourth-order valence-corrected chi connectivity index (χ4v) is 1.55. The fraction of sp³-hybridized carbons (Fsp3) is 0.400. The van der Waals surface area contributed by atoms with Crippen LogP contribution < -0.4 is 10.1 Å². The van der Waals surface area contributed by atoms with Crippen molar-refractivity contribution in [2.45, 2.75) is 39.5 Å². The van der Waals surface area contributed by atoms with Gasteiger partial charge in [0.15, 0.2) is 0 Å². The van der Waals surface area contributed by atoms with Crippen LogP contribution >= 0.6 is 0 Å². The highest BCUT2D eigenvalue weighted by atomic mass is 19.1. The predicted octanol–water partition coefficient (Wildman–Crippen LogP) is 3.28. The minimum atomic E-state index is -0.298. The summed E-state index contributed by atoms with van der Waals surface area (Å²) >= 11 is 0. The van der Waals surface area contributed by atoms with Gasteiger partial charge in [-0.1, -0.05) is 18.2 Å². The Bertz CT molecular complexity index is 561. The van der Waals surface area contributed by atoms with E-state index in [1.807, 2.05) is 0 Å². The fourth-order valence-electron chi connectivity index (χ4n) is 1.55. The molecule has 0 aliphatic rings. The first-order chi connectivity index (χ1) is 9.44. The number of nitrogens with one attached hydrogen (secondary N) is 1. The number of oxazole rings is 1. The number of aromatic nitrogens is 1. The van der Waals surface area contributed by atoms with E-state index in [1.54, 1.807) is 18.2 Å². The van der Waals surface area contributed by atoms with Gasteiger partial charge in [-0.15, -0.1) is 0 Å². The first-order valence-corrected chi connectivity index (χ1v) is 6.50. The average molecular weight is 278 g/mol. The summed E-state index contributed by atoms with van der Waals surface area (Å²) < 4.78 is 23.9. The second-order valence-corrected chi connectivity index (χ2v) is 5.59. The van der Waals surface area contributed by atoms with Gasteiger partial charge in [0.1, 0.15) is 18.7 Å². The van der Waals surface area contributed by atoms with Crippen LogP contribution in [0.15, 0.2) is 34.9 Å². The van der Waals surface area contributed by atoms with Crippen molar-refractivity contribution in [1.82, 2.24) is 10.3 Å². The molecule has 20 heavy (non-hydrogen) atoms. The molecule has 0 saturated heterocycles. The molecule has 1 N–H and O–H groups in total. The van der Waals surface area contributed by atoms with E-state index in [9.17, 15) is 4.39 Å². The van der Waals surface area contributed by atoms with Crippen LogP contribution in [0.2, 0.25) is 0 Å². The van der Waals surface area contributed by atoms with E-state index in [0.29, 0.717) is 12.1 Å². The van der Waals surface area contributed by atoms with Crippen LogP contribution in [0.4, 0.5) is 4.39 Å². The van der Waals surface area contributed by atoms with Crippen molar-refractivity contribution in [3.63, 3.8) is 0 Å². The standard InChI is InChI=1S/C15H19FN2O2/c1-15(2,3)17-8-12-10-20-14(18-12)19-9-11-6-4-5-7-13(11)16/h4-7,10,17H,8-9H2,1-3H3. The summed E-state index contributed by atoms with van der Waals surface area (Å²) in [5.41, 5.74) is 1.23. The quantitative estimate of drug-likeness (QED) is 0.911. The second-order valence-electron chi connectivity index (χ2n) is 5.59. The molecule has 2 aromatic rings. The molecule has 2 rings (SSSR count). The molecule has 0 bridgehead atoms. The molecule has 108 valence electrons. The number of nitrogens with zero attached hydrogens (tertiary/aromatic N) is 1. The molecule has 0 aliphatic carbocycles. The summed E-state index contributed by atoms with van der Waals surface area (Å²) in [7, 11) is 0. The smallest absolute Gasteiger partial charge is 0.394 e. The van der Waals surface area contributed by atoms with E-state index in [2.05, 4.69) is 31.1 Å². The van der Waals surface area contributed by atoms with Gasteiger partial charge in [-0.05, 0) is 26.8 Å². The van der Waals surface area contributed by atoms with Crippen LogP contribution in [0.5, 0.6) is 6.08 Å². The molecule has 0 radical (unpaired) electrons. The van der Waals surface area contributed by atoms with Crippen molar-refractivity contribution in [2.75, 3.05) is 0 Å². The van der Waals surface area contributed by atoms with Crippen LogP contribution in [0.25, 0.3) is 0 Å². The SMILES string of the molecule is CC(C)(C)NCc1coc(OCc2ccccc2F)n1. The lowest BCUT2D eigenvalue weighted by molar-refractivity contribution is 0.217. The number of ether oxygens (including phenoxy) is 1. The second kappa shape index (κ2) is 6.05. The lowest BCUT2D eigenvalue weighted by Crippen LogP contribution is -2.35. The van der Waals surface area contributed by atoms with E-state index in [0.717, 1.165) is 5.69 Å². The third-order valence-corrected chi connectivity index (χ3v) is 2.64. The van der Waals surface area contributed by atoms with Gasteiger partial charge in [0.25, 0.3) is 0 Å². The number of benzene rings is 1. The molecule has 0 saturated carbocycles. The number of hydrogen-bond donors (Lipinski definition) is 1. The molecule has 0 unspecified atom stereocenters. The number of halogens is 1. The van der Waals surface area contributed by atoms with Gasteiger partial charge in [0.05, 0.1) is 5.69 Å².